The Morgan fingerprint density at radius 2 is 1.90 bits per heavy atom. The first-order chi connectivity index (χ1) is 9.52. The molecule has 0 aromatic heterocycles. The van der Waals surface area contributed by atoms with Gasteiger partial charge in [-0.05, 0) is 18.4 Å². The second-order valence-electron chi connectivity index (χ2n) is 5.28. The molecule has 2 N–H and O–H groups in total. The van der Waals surface area contributed by atoms with Gasteiger partial charge in [0.2, 0.25) is 11.8 Å². The van der Waals surface area contributed by atoms with Gasteiger partial charge < -0.3 is 10.4 Å². The molecule has 2 rings (SSSR count). The van der Waals surface area contributed by atoms with Gasteiger partial charge in [0.05, 0.1) is 12.6 Å². The Balaban J connectivity index is 1.93. The molecule has 1 aliphatic carbocycles. The highest BCUT2D eigenvalue weighted by atomic mass is 19.3. The lowest BCUT2D eigenvalue weighted by molar-refractivity contribution is -0.130. The van der Waals surface area contributed by atoms with Crippen molar-refractivity contribution in [2.45, 2.75) is 37.6 Å². The van der Waals surface area contributed by atoms with Crippen molar-refractivity contribution in [2.75, 3.05) is 6.61 Å². The van der Waals surface area contributed by atoms with Crippen LogP contribution in [0.3, 0.4) is 0 Å². The Morgan fingerprint density at radius 3 is 2.45 bits per heavy atom. The average molecular weight is 283 g/mol. The second-order valence-corrected chi connectivity index (χ2v) is 5.28. The maximum atomic E-state index is 13.1. The number of carbonyl (C=O) groups is 1. The van der Waals surface area contributed by atoms with E-state index in [9.17, 15) is 18.7 Å². The minimum Gasteiger partial charge on any atom is -0.394 e. The minimum absolute atomic E-state index is 0.200. The number of hydrogen-bond donors (Lipinski definition) is 2. The van der Waals surface area contributed by atoms with Gasteiger partial charge in [-0.25, -0.2) is 8.78 Å². The number of aliphatic hydroxyl groups is 1. The molecule has 1 unspecified atom stereocenters. The summed E-state index contributed by atoms with van der Waals surface area (Å²) in [6.07, 6.45) is -0.0715. The molecule has 0 bridgehead atoms. The van der Waals surface area contributed by atoms with Crippen molar-refractivity contribution in [3.63, 3.8) is 0 Å². The van der Waals surface area contributed by atoms with E-state index in [-0.39, 0.29) is 44.1 Å². The summed E-state index contributed by atoms with van der Waals surface area (Å²) in [5.41, 5.74) is 0.810. The van der Waals surface area contributed by atoms with Gasteiger partial charge in [0, 0.05) is 18.8 Å². The molecule has 1 aliphatic rings. The quantitative estimate of drug-likeness (QED) is 0.892. The standard InChI is InChI=1S/C15H19F2NO2/c16-15(17)8-6-12(7-9-15)14(20)18-13(10-19)11-4-2-1-3-5-11/h1-5,12-13,19H,6-10H2,(H,18,20). The maximum absolute atomic E-state index is 13.1. The first-order valence-electron chi connectivity index (χ1n) is 6.86. The van der Waals surface area contributed by atoms with Crippen molar-refractivity contribution >= 4 is 5.91 Å². The molecule has 20 heavy (non-hydrogen) atoms. The Bertz CT molecular complexity index is 440. The van der Waals surface area contributed by atoms with Crippen LogP contribution in [0, 0.1) is 5.92 Å². The van der Waals surface area contributed by atoms with Gasteiger partial charge >= 0.3 is 0 Å². The molecule has 1 fully saturated rings. The Hall–Kier alpha value is -1.49. The summed E-state index contributed by atoms with van der Waals surface area (Å²) in [5.74, 6) is -3.26. The van der Waals surface area contributed by atoms with E-state index in [2.05, 4.69) is 5.32 Å². The molecule has 1 atom stereocenters. The molecular weight excluding hydrogens is 264 g/mol. The fourth-order valence-corrected chi connectivity index (χ4v) is 2.51. The van der Waals surface area contributed by atoms with Gasteiger partial charge in [0.25, 0.3) is 0 Å². The number of rotatable bonds is 4. The molecule has 0 heterocycles. The van der Waals surface area contributed by atoms with E-state index in [1.54, 1.807) is 0 Å². The van der Waals surface area contributed by atoms with E-state index in [4.69, 9.17) is 0 Å². The number of carbonyl (C=O) groups excluding carboxylic acids is 1. The summed E-state index contributed by atoms with van der Waals surface area (Å²) in [7, 11) is 0. The normalized spacial score (nSPS) is 20.4. The molecule has 1 amide bonds. The van der Waals surface area contributed by atoms with Crippen molar-refractivity contribution in [2.24, 2.45) is 5.92 Å². The molecule has 1 saturated carbocycles. The third-order valence-electron chi connectivity index (χ3n) is 3.79. The third-order valence-corrected chi connectivity index (χ3v) is 3.79. The molecule has 1 aromatic rings. The first kappa shape index (κ1) is 14.9. The van der Waals surface area contributed by atoms with Crippen LogP contribution in [-0.2, 0) is 4.79 Å². The zero-order valence-electron chi connectivity index (χ0n) is 11.2. The fraction of sp³-hybridized carbons (Fsp3) is 0.533. The second kappa shape index (κ2) is 6.31. The SMILES string of the molecule is O=C(NC(CO)c1ccccc1)C1CCC(F)(F)CC1. The van der Waals surface area contributed by atoms with Crippen LogP contribution in [0.1, 0.15) is 37.3 Å². The lowest BCUT2D eigenvalue weighted by Crippen LogP contribution is -2.38. The van der Waals surface area contributed by atoms with Crippen molar-refractivity contribution in [1.29, 1.82) is 0 Å². The van der Waals surface area contributed by atoms with Gasteiger partial charge in [0.15, 0.2) is 0 Å². The molecule has 110 valence electrons. The fourth-order valence-electron chi connectivity index (χ4n) is 2.51. The van der Waals surface area contributed by atoms with Crippen molar-refractivity contribution in [3.05, 3.63) is 35.9 Å². The predicted molar refractivity (Wildman–Crippen MR) is 71.3 cm³/mol. The maximum Gasteiger partial charge on any atom is 0.248 e. The third kappa shape index (κ3) is 3.76. The zero-order valence-corrected chi connectivity index (χ0v) is 11.2. The number of benzene rings is 1. The molecular formula is C15H19F2NO2. The van der Waals surface area contributed by atoms with Gasteiger partial charge in [0.1, 0.15) is 0 Å². The molecule has 0 radical (unpaired) electrons. The highest BCUT2D eigenvalue weighted by Crippen LogP contribution is 2.36. The summed E-state index contributed by atoms with van der Waals surface area (Å²) in [6.45, 7) is -0.210. The van der Waals surface area contributed by atoms with Gasteiger partial charge in [-0.3, -0.25) is 4.79 Å². The number of halogens is 2. The molecule has 0 saturated heterocycles. The van der Waals surface area contributed by atoms with Crippen LogP contribution in [0.25, 0.3) is 0 Å². The Morgan fingerprint density at radius 1 is 1.30 bits per heavy atom. The number of hydrogen-bond acceptors (Lipinski definition) is 2. The molecule has 0 spiro atoms. The van der Waals surface area contributed by atoms with Gasteiger partial charge in [-0.1, -0.05) is 30.3 Å². The zero-order chi connectivity index (χ0) is 14.6. The summed E-state index contributed by atoms with van der Waals surface area (Å²) in [5, 5.41) is 12.1. The molecule has 1 aromatic carbocycles. The van der Waals surface area contributed by atoms with E-state index in [0.29, 0.717) is 0 Å². The topological polar surface area (TPSA) is 49.3 Å². The predicted octanol–water partition coefficient (Wildman–Crippen LogP) is 2.66. The van der Waals surface area contributed by atoms with Crippen LogP contribution in [-0.4, -0.2) is 23.5 Å². The molecule has 5 heteroatoms. The number of alkyl halides is 2. The monoisotopic (exact) mass is 283 g/mol. The van der Waals surface area contributed by atoms with E-state index < -0.39 is 12.0 Å². The molecule has 0 aliphatic heterocycles. The summed E-state index contributed by atoms with van der Waals surface area (Å²) in [4.78, 5) is 12.1. The average Bonchev–Trinajstić information content (AvgIpc) is 2.45. The van der Waals surface area contributed by atoms with E-state index in [1.165, 1.54) is 0 Å². The minimum atomic E-state index is -2.63. The van der Waals surface area contributed by atoms with Gasteiger partial charge in [-0.2, -0.15) is 0 Å². The smallest absolute Gasteiger partial charge is 0.248 e. The summed E-state index contributed by atoms with van der Waals surface area (Å²) in [6, 6.07) is 8.65. The van der Waals surface area contributed by atoms with Crippen molar-refractivity contribution in [3.8, 4) is 0 Å². The number of amides is 1. The van der Waals surface area contributed by atoms with E-state index in [1.807, 2.05) is 30.3 Å². The molecule has 3 nitrogen and oxygen atoms in total. The van der Waals surface area contributed by atoms with Crippen molar-refractivity contribution in [1.82, 2.24) is 5.32 Å². The van der Waals surface area contributed by atoms with Gasteiger partial charge in [-0.15, -0.1) is 0 Å². The summed E-state index contributed by atoms with van der Waals surface area (Å²) >= 11 is 0. The lowest BCUT2D eigenvalue weighted by Gasteiger charge is -2.28. The Kier molecular flexibility index (Phi) is 4.70. The summed E-state index contributed by atoms with van der Waals surface area (Å²) < 4.78 is 26.1. The van der Waals surface area contributed by atoms with Crippen LogP contribution < -0.4 is 5.32 Å². The number of nitrogens with one attached hydrogen (secondary N) is 1. The van der Waals surface area contributed by atoms with Crippen LogP contribution >= 0.6 is 0 Å². The van der Waals surface area contributed by atoms with Crippen molar-refractivity contribution < 1.29 is 18.7 Å². The first-order valence-corrected chi connectivity index (χ1v) is 6.86. The highest BCUT2D eigenvalue weighted by molar-refractivity contribution is 5.79. The van der Waals surface area contributed by atoms with Crippen LogP contribution in [0.4, 0.5) is 8.78 Å². The van der Waals surface area contributed by atoms with Crippen LogP contribution in [0.15, 0.2) is 30.3 Å². The van der Waals surface area contributed by atoms with Crippen LogP contribution in [0.2, 0.25) is 0 Å². The highest BCUT2D eigenvalue weighted by Gasteiger charge is 2.37. The van der Waals surface area contributed by atoms with Crippen LogP contribution in [0.5, 0.6) is 0 Å². The number of aliphatic hydroxyl groups excluding tert-OH is 1. The lowest BCUT2D eigenvalue weighted by atomic mass is 9.86. The Labute approximate surface area is 117 Å². The van der Waals surface area contributed by atoms with E-state index >= 15 is 0 Å². The van der Waals surface area contributed by atoms with E-state index in [0.717, 1.165) is 5.56 Å². The largest absolute Gasteiger partial charge is 0.394 e.